The number of ether oxygens (including phenoxy) is 1. The maximum absolute atomic E-state index is 12.0. The Hall–Kier alpha value is -1.57. The molecule has 1 aromatic carbocycles. The molecule has 0 amide bonds. The number of rotatable bonds is 6. The van der Waals surface area contributed by atoms with Crippen LogP contribution in [0.15, 0.2) is 36.4 Å². The standard InChI is InChI=1S/C18H26O2/c1-5-20-17(19)16(13-14-18(2,3)4)12-11-15-9-7-6-8-10-15/h6-12,16H,5,13-14H2,1-4H3/b12-11+. The highest BCUT2D eigenvalue weighted by atomic mass is 16.5. The summed E-state index contributed by atoms with van der Waals surface area (Å²) in [5.41, 5.74) is 1.34. The Kier molecular flexibility index (Phi) is 6.50. The fourth-order valence-electron chi connectivity index (χ4n) is 1.92. The third kappa shape index (κ3) is 6.55. The van der Waals surface area contributed by atoms with Crippen molar-refractivity contribution >= 4 is 12.0 Å². The molecule has 2 heteroatoms. The number of carbonyl (C=O) groups excluding carboxylic acids is 1. The highest BCUT2D eigenvalue weighted by Crippen LogP contribution is 2.25. The minimum atomic E-state index is -0.158. The summed E-state index contributed by atoms with van der Waals surface area (Å²) in [6.07, 6.45) is 5.80. The van der Waals surface area contributed by atoms with Gasteiger partial charge in [0.05, 0.1) is 12.5 Å². The number of esters is 1. The van der Waals surface area contributed by atoms with E-state index in [1.165, 1.54) is 0 Å². The van der Waals surface area contributed by atoms with Gasteiger partial charge in [0, 0.05) is 0 Å². The van der Waals surface area contributed by atoms with Crippen LogP contribution in [0, 0.1) is 11.3 Å². The molecular formula is C18H26O2. The Morgan fingerprint density at radius 1 is 1.25 bits per heavy atom. The lowest BCUT2D eigenvalue weighted by Gasteiger charge is -2.20. The van der Waals surface area contributed by atoms with Crippen molar-refractivity contribution in [1.82, 2.24) is 0 Å². The smallest absolute Gasteiger partial charge is 0.312 e. The summed E-state index contributed by atoms with van der Waals surface area (Å²) in [6, 6.07) is 10.0. The van der Waals surface area contributed by atoms with Crippen molar-refractivity contribution in [1.29, 1.82) is 0 Å². The molecule has 0 aliphatic rings. The van der Waals surface area contributed by atoms with E-state index < -0.39 is 0 Å². The summed E-state index contributed by atoms with van der Waals surface area (Å²) in [5.74, 6) is -0.279. The van der Waals surface area contributed by atoms with Gasteiger partial charge in [0.1, 0.15) is 0 Å². The predicted octanol–water partition coefficient (Wildman–Crippen LogP) is 4.71. The van der Waals surface area contributed by atoms with Crippen molar-refractivity contribution in [3.05, 3.63) is 42.0 Å². The Morgan fingerprint density at radius 2 is 1.90 bits per heavy atom. The topological polar surface area (TPSA) is 26.3 Å². The van der Waals surface area contributed by atoms with Crippen LogP contribution in [0.3, 0.4) is 0 Å². The molecule has 2 nitrogen and oxygen atoms in total. The van der Waals surface area contributed by atoms with Crippen LogP contribution in [-0.2, 0) is 9.53 Å². The number of hydrogen-bond donors (Lipinski definition) is 0. The molecule has 0 aliphatic carbocycles. The van der Waals surface area contributed by atoms with E-state index >= 15 is 0 Å². The fourth-order valence-corrected chi connectivity index (χ4v) is 1.92. The monoisotopic (exact) mass is 274 g/mol. The normalized spacial score (nSPS) is 13.4. The second-order valence-corrected chi connectivity index (χ2v) is 6.23. The second kappa shape index (κ2) is 7.88. The first-order valence-corrected chi connectivity index (χ1v) is 7.32. The highest BCUT2D eigenvalue weighted by Gasteiger charge is 2.20. The molecule has 1 aromatic rings. The van der Waals surface area contributed by atoms with E-state index in [0.717, 1.165) is 18.4 Å². The highest BCUT2D eigenvalue weighted by molar-refractivity contribution is 5.75. The molecular weight excluding hydrogens is 248 g/mol. The molecule has 0 saturated carbocycles. The van der Waals surface area contributed by atoms with Gasteiger partial charge in [0.25, 0.3) is 0 Å². The van der Waals surface area contributed by atoms with E-state index in [9.17, 15) is 4.79 Å². The molecule has 20 heavy (non-hydrogen) atoms. The molecule has 110 valence electrons. The summed E-state index contributed by atoms with van der Waals surface area (Å²) in [4.78, 5) is 12.0. The molecule has 0 bridgehead atoms. The quantitative estimate of drug-likeness (QED) is 0.702. The maximum Gasteiger partial charge on any atom is 0.312 e. The minimum Gasteiger partial charge on any atom is -0.466 e. The summed E-state index contributed by atoms with van der Waals surface area (Å²) in [7, 11) is 0. The number of benzene rings is 1. The van der Waals surface area contributed by atoms with Gasteiger partial charge in [-0.3, -0.25) is 4.79 Å². The third-order valence-electron chi connectivity index (χ3n) is 3.12. The van der Waals surface area contributed by atoms with Crippen LogP contribution in [-0.4, -0.2) is 12.6 Å². The number of hydrogen-bond acceptors (Lipinski definition) is 2. The van der Waals surface area contributed by atoms with Crippen LogP contribution in [0.5, 0.6) is 0 Å². The van der Waals surface area contributed by atoms with Gasteiger partial charge in [-0.15, -0.1) is 0 Å². The largest absolute Gasteiger partial charge is 0.466 e. The average Bonchev–Trinajstić information content (AvgIpc) is 2.39. The van der Waals surface area contributed by atoms with Gasteiger partial charge in [-0.05, 0) is 30.7 Å². The molecule has 0 spiro atoms. The molecule has 0 heterocycles. The van der Waals surface area contributed by atoms with E-state index in [1.807, 2.05) is 49.4 Å². The molecule has 1 unspecified atom stereocenters. The van der Waals surface area contributed by atoms with E-state index in [2.05, 4.69) is 20.8 Å². The van der Waals surface area contributed by atoms with Crippen LogP contribution in [0.1, 0.15) is 46.1 Å². The molecule has 0 saturated heterocycles. The van der Waals surface area contributed by atoms with Crippen molar-refractivity contribution in [3.8, 4) is 0 Å². The lowest BCUT2D eigenvalue weighted by molar-refractivity contribution is -0.146. The molecule has 0 fully saturated rings. The van der Waals surface area contributed by atoms with Crippen LogP contribution >= 0.6 is 0 Å². The molecule has 0 N–H and O–H groups in total. The van der Waals surface area contributed by atoms with E-state index in [1.54, 1.807) is 0 Å². The average molecular weight is 274 g/mol. The van der Waals surface area contributed by atoms with Crippen LogP contribution < -0.4 is 0 Å². The van der Waals surface area contributed by atoms with E-state index in [-0.39, 0.29) is 17.3 Å². The first-order valence-electron chi connectivity index (χ1n) is 7.32. The maximum atomic E-state index is 12.0. The lowest BCUT2D eigenvalue weighted by Crippen LogP contribution is -2.18. The van der Waals surface area contributed by atoms with E-state index in [4.69, 9.17) is 4.74 Å². The lowest BCUT2D eigenvalue weighted by atomic mass is 9.86. The van der Waals surface area contributed by atoms with Crippen molar-refractivity contribution in [3.63, 3.8) is 0 Å². The zero-order valence-electron chi connectivity index (χ0n) is 13.1. The summed E-state index contributed by atoms with van der Waals surface area (Å²) >= 11 is 0. The molecule has 0 aliphatic heterocycles. The summed E-state index contributed by atoms with van der Waals surface area (Å²) < 4.78 is 5.17. The Morgan fingerprint density at radius 3 is 2.45 bits per heavy atom. The first kappa shape index (κ1) is 16.5. The summed E-state index contributed by atoms with van der Waals surface area (Å²) in [6.45, 7) is 8.85. The van der Waals surface area contributed by atoms with Crippen molar-refractivity contribution in [2.75, 3.05) is 6.61 Å². The fraction of sp³-hybridized carbons (Fsp3) is 0.500. The molecule has 0 radical (unpaired) electrons. The minimum absolute atomic E-state index is 0.121. The molecule has 0 aromatic heterocycles. The van der Waals surface area contributed by atoms with Crippen molar-refractivity contribution in [2.24, 2.45) is 11.3 Å². The van der Waals surface area contributed by atoms with Gasteiger partial charge in [0.2, 0.25) is 0 Å². The van der Waals surface area contributed by atoms with Crippen LogP contribution in [0.25, 0.3) is 6.08 Å². The third-order valence-corrected chi connectivity index (χ3v) is 3.12. The van der Waals surface area contributed by atoms with Crippen LogP contribution in [0.2, 0.25) is 0 Å². The zero-order valence-corrected chi connectivity index (χ0v) is 13.1. The van der Waals surface area contributed by atoms with Crippen LogP contribution in [0.4, 0.5) is 0 Å². The number of carbonyl (C=O) groups is 1. The molecule has 1 atom stereocenters. The van der Waals surface area contributed by atoms with Gasteiger partial charge >= 0.3 is 5.97 Å². The van der Waals surface area contributed by atoms with Gasteiger partial charge < -0.3 is 4.74 Å². The van der Waals surface area contributed by atoms with Crippen molar-refractivity contribution in [2.45, 2.75) is 40.5 Å². The Balaban J connectivity index is 2.72. The van der Waals surface area contributed by atoms with Gasteiger partial charge in [-0.1, -0.05) is 63.3 Å². The van der Waals surface area contributed by atoms with Gasteiger partial charge in [-0.2, -0.15) is 0 Å². The Bertz CT molecular complexity index is 426. The second-order valence-electron chi connectivity index (χ2n) is 6.23. The van der Waals surface area contributed by atoms with Gasteiger partial charge in [0.15, 0.2) is 0 Å². The van der Waals surface area contributed by atoms with E-state index in [0.29, 0.717) is 6.61 Å². The first-order chi connectivity index (χ1) is 9.42. The predicted molar refractivity (Wildman–Crippen MR) is 84.3 cm³/mol. The Labute approximate surface area is 122 Å². The summed E-state index contributed by atoms with van der Waals surface area (Å²) in [5, 5.41) is 0. The van der Waals surface area contributed by atoms with Gasteiger partial charge in [-0.25, -0.2) is 0 Å². The molecule has 1 rings (SSSR count). The SMILES string of the molecule is CCOC(=O)C(/C=C/c1ccccc1)CCC(C)(C)C. The van der Waals surface area contributed by atoms with Crippen molar-refractivity contribution < 1.29 is 9.53 Å². The zero-order chi connectivity index (χ0) is 15.0.